The van der Waals surface area contributed by atoms with Crippen molar-refractivity contribution in [3.63, 3.8) is 0 Å². The van der Waals surface area contributed by atoms with Crippen LogP contribution in [0.3, 0.4) is 0 Å². The summed E-state index contributed by atoms with van der Waals surface area (Å²) in [5.41, 5.74) is 0.612. The maximum Gasteiger partial charge on any atom is 0.227 e. The average Bonchev–Trinajstić information content (AvgIpc) is 2.97. The van der Waals surface area contributed by atoms with Gasteiger partial charge in [0.25, 0.3) is 0 Å². The highest BCUT2D eigenvalue weighted by molar-refractivity contribution is 9.10. The van der Waals surface area contributed by atoms with Gasteiger partial charge in [-0.3, -0.25) is 0 Å². The van der Waals surface area contributed by atoms with Crippen LogP contribution in [0.15, 0.2) is 27.2 Å². The third kappa shape index (κ3) is 3.68. The van der Waals surface area contributed by atoms with Gasteiger partial charge in [0.2, 0.25) is 11.7 Å². The summed E-state index contributed by atoms with van der Waals surface area (Å²) in [5.74, 6) is 0.715. The highest BCUT2D eigenvalue weighted by atomic mass is 79.9. The molecule has 0 aliphatic carbocycles. The fourth-order valence-corrected chi connectivity index (χ4v) is 3.03. The molecular formula is C15H17BrFN3O. The van der Waals surface area contributed by atoms with E-state index in [0.717, 1.165) is 23.9 Å². The van der Waals surface area contributed by atoms with Crippen LogP contribution < -0.4 is 5.32 Å². The van der Waals surface area contributed by atoms with Gasteiger partial charge < -0.3 is 9.84 Å². The van der Waals surface area contributed by atoms with Crippen LogP contribution in [-0.4, -0.2) is 22.7 Å². The summed E-state index contributed by atoms with van der Waals surface area (Å²) >= 11 is 3.38. The minimum absolute atomic E-state index is 0.314. The fourth-order valence-electron chi connectivity index (χ4n) is 2.60. The van der Waals surface area contributed by atoms with E-state index in [4.69, 9.17) is 4.52 Å². The van der Waals surface area contributed by atoms with E-state index >= 15 is 0 Å². The molecule has 1 aliphatic rings. The van der Waals surface area contributed by atoms with Crippen LogP contribution in [0, 0.1) is 5.82 Å². The molecule has 6 heteroatoms. The Morgan fingerprint density at radius 1 is 1.38 bits per heavy atom. The van der Waals surface area contributed by atoms with Crippen LogP contribution in [-0.2, 0) is 6.42 Å². The molecule has 1 aliphatic heterocycles. The molecule has 1 N–H and O–H groups in total. The van der Waals surface area contributed by atoms with E-state index in [1.165, 1.54) is 31.4 Å². The van der Waals surface area contributed by atoms with Crippen LogP contribution in [0.2, 0.25) is 0 Å². The van der Waals surface area contributed by atoms with E-state index in [2.05, 4.69) is 31.4 Å². The second-order valence-electron chi connectivity index (χ2n) is 5.32. The zero-order chi connectivity index (χ0) is 14.7. The topological polar surface area (TPSA) is 51.0 Å². The Labute approximate surface area is 131 Å². The van der Waals surface area contributed by atoms with Gasteiger partial charge in [-0.1, -0.05) is 27.5 Å². The first-order chi connectivity index (χ1) is 10.2. The van der Waals surface area contributed by atoms with E-state index in [1.807, 2.05) is 0 Å². The Morgan fingerprint density at radius 2 is 2.29 bits per heavy atom. The molecule has 0 spiro atoms. The van der Waals surface area contributed by atoms with Gasteiger partial charge in [0.15, 0.2) is 0 Å². The van der Waals surface area contributed by atoms with E-state index in [-0.39, 0.29) is 5.82 Å². The SMILES string of the molecule is Fc1ccc(Br)c(-c2noc(CCC3CCCCN3)n2)c1. The van der Waals surface area contributed by atoms with Crippen LogP contribution in [0.1, 0.15) is 31.6 Å². The number of hydrogen-bond acceptors (Lipinski definition) is 4. The molecule has 0 amide bonds. The molecule has 1 atom stereocenters. The Kier molecular flexibility index (Phi) is 4.65. The smallest absolute Gasteiger partial charge is 0.227 e. The Balaban J connectivity index is 1.66. The summed E-state index contributed by atoms with van der Waals surface area (Å²) in [6.07, 6.45) is 5.48. The molecule has 0 bridgehead atoms. The number of aryl methyl sites for hydroxylation is 1. The van der Waals surface area contributed by atoms with E-state index in [1.54, 1.807) is 6.07 Å². The van der Waals surface area contributed by atoms with Crippen molar-refractivity contribution in [2.75, 3.05) is 6.54 Å². The second kappa shape index (κ2) is 6.66. The number of halogens is 2. The lowest BCUT2D eigenvalue weighted by molar-refractivity contribution is 0.342. The van der Waals surface area contributed by atoms with Gasteiger partial charge in [0.1, 0.15) is 5.82 Å². The van der Waals surface area contributed by atoms with Crippen LogP contribution in [0.4, 0.5) is 4.39 Å². The molecule has 0 radical (unpaired) electrons. The highest BCUT2D eigenvalue weighted by Gasteiger charge is 2.16. The van der Waals surface area contributed by atoms with Gasteiger partial charge >= 0.3 is 0 Å². The Morgan fingerprint density at radius 3 is 3.10 bits per heavy atom. The first kappa shape index (κ1) is 14.7. The summed E-state index contributed by atoms with van der Waals surface area (Å²) in [6.45, 7) is 1.09. The monoisotopic (exact) mass is 353 g/mol. The first-order valence-electron chi connectivity index (χ1n) is 7.24. The second-order valence-corrected chi connectivity index (χ2v) is 6.18. The molecule has 4 nitrogen and oxygen atoms in total. The van der Waals surface area contributed by atoms with Crippen molar-refractivity contribution in [3.05, 3.63) is 34.4 Å². The number of nitrogens with one attached hydrogen (secondary N) is 1. The van der Waals surface area contributed by atoms with Crippen molar-refractivity contribution in [2.45, 2.75) is 38.1 Å². The number of hydrogen-bond donors (Lipinski definition) is 1. The molecule has 2 heterocycles. The maximum atomic E-state index is 13.3. The lowest BCUT2D eigenvalue weighted by Gasteiger charge is -2.22. The number of nitrogens with zero attached hydrogens (tertiary/aromatic N) is 2. The minimum atomic E-state index is -0.314. The third-order valence-electron chi connectivity index (χ3n) is 3.76. The summed E-state index contributed by atoms with van der Waals surface area (Å²) in [6, 6.07) is 4.98. The van der Waals surface area contributed by atoms with Crippen molar-refractivity contribution in [3.8, 4) is 11.4 Å². The van der Waals surface area contributed by atoms with Gasteiger partial charge in [-0.25, -0.2) is 4.39 Å². The molecule has 1 fully saturated rings. The number of aromatic nitrogens is 2. The maximum absolute atomic E-state index is 13.3. The molecular weight excluding hydrogens is 337 g/mol. The summed E-state index contributed by atoms with van der Waals surface area (Å²) < 4.78 is 19.3. The Bertz CT molecular complexity index is 611. The molecule has 3 rings (SSSR count). The average molecular weight is 354 g/mol. The molecule has 0 saturated carbocycles. The summed E-state index contributed by atoms with van der Waals surface area (Å²) in [7, 11) is 0. The first-order valence-corrected chi connectivity index (χ1v) is 8.03. The molecule has 2 aromatic rings. The van der Waals surface area contributed by atoms with Crippen molar-refractivity contribution >= 4 is 15.9 Å². The van der Waals surface area contributed by atoms with E-state index < -0.39 is 0 Å². The standard InChI is InChI=1S/C15H17BrFN3O/c16-13-6-4-10(17)9-12(13)15-19-14(21-20-15)7-5-11-3-1-2-8-18-11/h4,6,9,11,18H,1-3,5,7-8H2. The van der Waals surface area contributed by atoms with Gasteiger partial charge in [0.05, 0.1) is 0 Å². The molecule has 1 saturated heterocycles. The van der Waals surface area contributed by atoms with Crippen LogP contribution >= 0.6 is 15.9 Å². The molecule has 1 unspecified atom stereocenters. The lowest BCUT2D eigenvalue weighted by atomic mass is 10.0. The van der Waals surface area contributed by atoms with Crippen molar-refractivity contribution in [1.29, 1.82) is 0 Å². The predicted octanol–water partition coefficient (Wildman–Crippen LogP) is 3.71. The van der Waals surface area contributed by atoms with Crippen molar-refractivity contribution in [2.24, 2.45) is 0 Å². The van der Waals surface area contributed by atoms with E-state index in [9.17, 15) is 4.39 Å². The zero-order valence-corrected chi connectivity index (χ0v) is 13.2. The largest absolute Gasteiger partial charge is 0.339 e. The fraction of sp³-hybridized carbons (Fsp3) is 0.467. The van der Waals surface area contributed by atoms with E-state index in [0.29, 0.717) is 23.3 Å². The summed E-state index contributed by atoms with van der Waals surface area (Å²) in [4.78, 5) is 4.36. The van der Waals surface area contributed by atoms with Crippen molar-refractivity contribution in [1.82, 2.24) is 15.5 Å². The zero-order valence-electron chi connectivity index (χ0n) is 11.6. The van der Waals surface area contributed by atoms with Crippen LogP contribution in [0.25, 0.3) is 11.4 Å². The molecule has 112 valence electrons. The van der Waals surface area contributed by atoms with Gasteiger partial charge in [-0.15, -0.1) is 0 Å². The quantitative estimate of drug-likeness (QED) is 0.909. The molecule has 1 aromatic carbocycles. The highest BCUT2D eigenvalue weighted by Crippen LogP contribution is 2.27. The normalized spacial score (nSPS) is 18.9. The summed E-state index contributed by atoms with van der Waals surface area (Å²) in [5, 5.41) is 7.45. The molecule has 1 aromatic heterocycles. The third-order valence-corrected chi connectivity index (χ3v) is 4.45. The Hall–Kier alpha value is -1.27. The number of rotatable bonds is 4. The number of piperidine rings is 1. The minimum Gasteiger partial charge on any atom is -0.339 e. The van der Waals surface area contributed by atoms with Gasteiger partial charge in [-0.2, -0.15) is 4.98 Å². The van der Waals surface area contributed by atoms with Gasteiger partial charge in [0, 0.05) is 22.5 Å². The lowest BCUT2D eigenvalue weighted by Crippen LogP contribution is -2.34. The predicted molar refractivity (Wildman–Crippen MR) is 81.4 cm³/mol. The van der Waals surface area contributed by atoms with Crippen LogP contribution in [0.5, 0.6) is 0 Å². The van der Waals surface area contributed by atoms with Crippen molar-refractivity contribution < 1.29 is 8.91 Å². The molecule has 21 heavy (non-hydrogen) atoms. The van der Waals surface area contributed by atoms with Gasteiger partial charge in [-0.05, 0) is 44.0 Å². The number of benzene rings is 1.